The second-order valence-corrected chi connectivity index (χ2v) is 7.64. The summed E-state index contributed by atoms with van der Waals surface area (Å²) >= 11 is 0. The summed E-state index contributed by atoms with van der Waals surface area (Å²) in [5.41, 5.74) is 1.12. The first-order valence-corrected chi connectivity index (χ1v) is 9.49. The zero-order valence-electron chi connectivity index (χ0n) is 15.4. The normalized spacial score (nSPS) is 26.9. The van der Waals surface area contributed by atoms with E-state index >= 15 is 0 Å². The van der Waals surface area contributed by atoms with Crippen molar-refractivity contribution in [3.63, 3.8) is 0 Å². The van der Waals surface area contributed by atoms with Crippen molar-refractivity contribution >= 4 is 29.9 Å². The summed E-state index contributed by atoms with van der Waals surface area (Å²) in [5.74, 6) is 2.81. The highest BCUT2D eigenvalue weighted by Crippen LogP contribution is 2.31. The van der Waals surface area contributed by atoms with E-state index < -0.39 is 0 Å². The molecule has 2 N–H and O–H groups in total. The number of fused-ring (bicyclic) bond motifs is 1. The molecule has 7 heteroatoms. The molecular formula is C18H31IN6. The SMILES string of the molecule is CN=C(NCc1cn2c(n1)CCCC2)NC1CN(C2CC2)CC1C.I. The monoisotopic (exact) mass is 458 g/mol. The van der Waals surface area contributed by atoms with Crippen LogP contribution in [0.3, 0.4) is 0 Å². The fraction of sp³-hybridized carbons (Fsp3) is 0.778. The number of imidazole rings is 1. The van der Waals surface area contributed by atoms with E-state index in [0.29, 0.717) is 12.0 Å². The first-order chi connectivity index (χ1) is 11.7. The Morgan fingerprint density at radius 1 is 1.32 bits per heavy atom. The van der Waals surface area contributed by atoms with Crippen LogP contribution in [0.4, 0.5) is 0 Å². The van der Waals surface area contributed by atoms with Crippen LogP contribution in [0.2, 0.25) is 0 Å². The Morgan fingerprint density at radius 2 is 2.16 bits per heavy atom. The Hall–Kier alpha value is -0.830. The lowest BCUT2D eigenvalue weighted by Crippen LogP contribution is -2.46. The third kappa shape index (κ3) is 4.48. The molecule has 2 atom stereocenters. The highest BCUT2D eigenvalue weighted by atomic mass is 127. The molecule has 3 aliphatic rings. The maximum atomic E-state index is 4.76. The Morgan fingerprint density at radius 3 is 2.88 bits per heavy atom. The minimum atomic E-state index is 0. The smallest absolute Gasteiger partial charge is 0.191 e. The predicted octanol–water partition coefficient (Wildman–Crippen LogP) is 1.99. The number of hydrogen-bond donors (Lipinski definition) is 2. The van der Waals surface area contributed by atoms with E-state index in [1.54, 1.807) is 0 Å². The molecule has 25 heavy (non-hydrogen) atoms. The molecule has 140 valence electrons. The number of nitrogens with one attached hydrogen (secondary N) is 2. The molecule has 0 spiro atoms. The van der Waals surface area contributed by atoms with E-state index in [2.05, 4.69) is 38.2 Å². The van der Waals surface area contributed by atoms with Crippen molar-refractivity contribution in [3.8, 4) is 0 Å². The van der Waals surface area contributed by atoms with Crippen molar-refractivity contribution in [2.75, 3.05) is 20.1 Å². The third-order valence-electron chi connectivity index (χ3n) is 5.64. The zero-order valence-corrected chi connectivity index (χ0v) is 17.7. The van der Waals surface area contributed by atoms with Gasteiger partial charge < -0.3 is 15.2 Å². The van der Waals surface area contributed by atoms with Crippen LogP contribution in [0.15, 0.2) is 11.2 Å². The van der Waals surface area contributed by atoms with Crippen LogP contribution >= 0.6 is 24.0 Å². The van der Waals surface area contributed by atoms with Crippen molar-refractivity contribution in [3.05, 3.63) is 17.7 Å². The molecule has 0 bridgehead atoms. The molecule has 0 amide bonds. The van der Waals surface area contributed by atoms with Crippen molar-refractivity contribution in [1.82, 2.24) is 25.1 Å². The van der Waals surface area contributed by atoms with Crippen LogP contribution in [-0.4, -0.2) is 52.6 Å². The Bertz CT molecular complexity index is 585. The minimum absolute atomic E-state index is 0. The second-order valence-electron chi connectivity index (χ2n) is 7.64. The average Bonchev–Trinajstić information content (AvgIpc) is 3.26. The summed E-state index contributed by atoms with van der Waals surface area (Å²) < 4.78 is 2.31. The lowest BCUT2D eigenvalue weighted by molar-refractivity contribution is 0.315. The summed E-state index contributed by atoms with van der Waals surface area (Å²) in [6, 6.07) is 1.35. The highest BCUT2D eigenvalue weighted by molar-refractivity contribution is 14.0. The number of rotatable bonds is 4. The van der Waals surface area contributed by atoms with E-state index in [0.717, 1.165) is 43.8 Å². The molecule has 1 saturated heterocycles. The minimum Gasteiger partial charge on any atom is -0.352 e. The number of aliphatic imine (C=N–C) groups is 1. The summed E-state index contributed by atoms with van der Waals surface area (Å²) in [6.45, 7) is 6.56. The van der Waals surface area contributed by atoms with Gasteiger partial charge in [0, 0.05) is 51.4 Å². The molecule has 0 radical (unpaired) electrons. The van der Waals surface area contributed by atoms with Gasteiger partial charge >= 0.3 is 0 Å². The standard InChI is InChI=1S/C18H30N6.HI/c1-13-10-24(15-6-7-15)12-16(13)22-18(19-2)20-9-14-11-23-8-4-3-5-17(23)21-14;/h11,13,15-16H,3-10,12H2,1-2H3,(H2,19,20,22);1H. The molecule has 2 fully saturated rings. The summed E-state index contributed by atoms with van der Waals surface area (Å²) in [6.07, 6.45) is 8.63. The van der Waals surface area contributed by atoms with Gasteiger partial charge in [-0.3, -0.25) is 9.89 Å². The topological polar surface area (TPSA) is 57.5 Å². The largest absolute Gasteiger partial charge is 0.352 e. The van der Waals surface area contributed by atoms with Gasteiger partial charge in [0.1, 0.15) is 5.82 Å². The number of halogens is 1. The number of hydrogen-bond acceptors (Lipinski definition) is 3. The van der Waals surface area contributed by atoms with Crippen LogP contribution in [-0.2, 0) is 19.5 Å². The van der Waals surface area contributed by atoms with Gasteiger partial charge in [0.05, 0.1) is 12.2 Å². The molecule has 1 aromatic heterocycles. The van der Waals surface area contributed by atoms with Gasteiger partial charge in [-0.2, -0.15) is 0 Å². The maximum Gasteiger partial charge on any atom is 0.191 e. The van der Waals surface area contributed by atoms with Gasteiger partial charge in [-0.1, -0.05) is 6.92 Å². The van der Waals surface area contributed by atoms with Crippen LogP contribution in [0.5, 0.6) is 0 Å². The van der Waals surface area contributed by atoms with Crippen molar-refractivity contribution in [2.45, 2.75) is 64.2 Å². The Kier molecular flexibility index (Phi) is 6.25. The fourth-order valence-electron chi connectivity index (χ4n) is 4.03. The van der Waals surface area contributed by atoms with Crippen molar-refractivity contribution in [1.29, 1.82) is 0 Å². The van der Waals surface area contributed by atoms with E-state index in [-0.39, 0.29) is 24.0 Å². The lowest BCUT2D eigenvalue weighted by Gasteiger charge is -2.20. The summed E-state index contributed by atoms with van der Waals surface area (Å²) in [7, 11) is 1.85. The third-order valence-corrected chi connectivity index (χ3v) is 5.64. The fourth-order valence-corrected chi connectivity index (χ4v) is 4.03. The Labute approximate surface area is 167 Å². The van der Waals surface area contributed by atoms with Gasteiger partial charge in [-0.05, 0) is 31.6 Å². The molecule has 4 rings (SSSR count). The maximum absolute atomic E-state index is 4.76. The second kappa shape index (κ2) is 8.24. The molecule has 6 nitrogen and oxygen atoms in total. The van der Waals surface area contributed by atoms with Gasteiger partial charge in [0.25, 0.3) is 0 Å². The number of nitrogens with zero attached hydrogens (tertiary/aromatic N) is 4. The number of aromatic nitrogens is 2. The summed E-state index contributed by atoms with van der Waals surface area (Å²) in [4.78, 5) is 11.8. The zero-order chi connectivity index (χ0) is 16.5. The van der Waals surface area contributed by atoms with E-state index in [9.17, 15) is 0 Å². The highest BCUT2D eigenvalue weighted by Gasteiger charge is 2.38. The molecule has 0 aromatic carbocycles. The quantitative estimate of drug-likeness (QED) is 0.412. The van der Waals surface area contributed by atoms with E-state index in [1.165, 1.54) is 38.1 Å². The van der Waals surface area contributed by atoms with Crippen LogP contribution < -0.4 is 10.6 Å². The number of guanidine groups is 1. The van der Waals surface area contributed by atoms with Crippen LogP contribution in [0, 0.1) is 5.92 Å². The van der Waals surface area contributed by atoms with Gasteiger partial charge in [0.2, 0.25) is 0 Å². The van der Waals surface area contributed by atoms with E-state index in [1.807, 2.05) is 7.05 Å². The molecule has 1 saturated carbocycles. The Balaban J connectivity index is 0.00000182. The predicted molar refractivity (Wildman–Crippen MR) is 111 cm³/mol. The first kappa shape index (κ1) is 18.9. The van der Waals surface area contributed by atoms with Crippen molar-refractivity contribution < 1.29 is 0 Å². The first-order valence-electron chi connectivity index (χ1n) is 9.49. The number of aryl methyl sites for hydroxylation is 2. The van der Waals surface area contributed by atoms with E-state index in [4.69, 9.17) is 4.98 Å². The molecule has 2 unspecified atom stereocenters. The van der Waals surface area contributed by atoms with Gasteiger partial charge in [0.15, 0.2) is 5.96 Å². The molecule has 2 aliphatic heterocycles. The average molecular weight is 458 g/mol. The molecule has 1 aliphatic carbocycles. The van der Waals surface area contributed by atoms with Crippen LogP contribution in [0.25, 0.3) is 0 Å². The number of likely N-dealkylation sites (tertiary alicyclic amines) is 1. The van der Waals surface area contributed by atoms with Gasteiger partial charge in [-0.25, -0.2) is 4.98 Å². The molecular weight excluding hydrogens is 427 g/mol. The van der Waals surface area contributed by atoms with Crippen LogP contribution in [0.1, 0.15) is 44.1 Å². The molecule has 3 heterocycles. The van der Waals surface area contributed by atoms with Crippen molar-refractivity contribution in [2.24, 2.45) is 10.9 Å². The molecule has 1 aromatic rings. The lowest BCUT2D eigenvalue weighted by atomic mass is 10.1. The summed E-state index contributed by atoms with van der Waals surface area (Å²) in [5, 5.41) is 7.07. The van der Waals surface area contributed by atoms with Gasteiger partial charge in [-0.15, -0.1) is 24.0 Å².